The average molecular weight is 285 g/mol. The molecule has 0 unspecified atom stereocenters. The van der Waals surface area contributed by atoms with Gasteiger partial charge < -0.3 is 14.1 Å². The van der Waals surface area contributed by atoms with E-state index < -0.39 is 16.1 Å². The Morgan fingerprint density at radius 3 is 2.95 bits per heavy atom. The quantitative estimate of drug-likeness (QED) is 0.801. The van der Waals surface area contributed by atoms with Crippen LogP contribution in [0.25, 0.3) is 0 Å². The normalized spacial score (nSPS) is 13.6. The molecule has 7 nitrogen and oxygen atoms in total. The molecule has 0 spiro atoms. The molecule has 0 saturated heterocycles. The SMILES string of the molecule is Cn1cnc(S(=O)(=O)NCC[C@H](O)c2ccco2)c1. The highest BCUT2D eigenvalue weighted by Crippen LogP contribution is 2.16. The minimum absolute atomic E-state index is 0.0394. The van der Waals surface area contributed by atoms with Crippen LogP contribution in [0.3, 0.4) is 0 Å². The van der Waals surface area contributed by atoms with Crippen molar-refractivity contribution >= 4 is 10.0 Å². The van der Waals surface area contributed by atoms with Crippen molar-refractivity contribution < 1.29 is 17.9 Å². The van der Waals surface area contributed by atoms with Crippen molar-refractivity contribution in [3.8, 4) is 0 Å². The van der Waals surface area contributed by atoms with Gasteiger partial charge in [-0.1, -0.05) is 0 Å². The summed E-state index contributed by atoms with van der Waals surface area (Å²) in [5, 5.41) is 9.69. The number of aryl methyl sites for hydroxylation is 1. The molecular formula is C11H15N3O4S. The van der Waals surface area contributed by atoms with Crippen molar-refractivity contribution in [3.05, 3.63) is 36.7 Å². The van der Waals surface area contributed by atoms with Crippen LogP contribution >= 0.6 is 0 Å². The minimum Gasteiger partial charge on any atom is -0.467 e. The Balaban J connectivity index is 1.89. The van der Waals surface area contributed by atoms with Gasteiger partial charge in [0.1, 0.15) is 11.9 Å². The first-order valence-electron chi connectivity index (χ1n) is 5.68. The van der Waals surface area contributed by atoms with E-state index in [-0.39, 0.29) is 18.0 Å². The first-order chi connectivity index (χ1) is 8.99. The maximum atomic E-state index is 11.8. The maximum absolute atomic E-state index is 11.8. The molecule has 0 aliphatic heterocycles. The number of hydrogen-bond acceptors (Lipinski definition) is 5. The number of imidazole rings is 1. The van der Waals surface area contributed by atoms with E-state index >= 15 is 0 Å². The molecule has 0 amide bonds. The second-order valence-corrected chi connectivity index (χ2v) is 5.81. The van der Waals surface area contributed by atoms with Gasteiger partial charge >= 0.3 is 0 Å². The van der Waals surface area contributed by atoms with E-state index in [0.29, 0.717) is 5.76 Å². The molecule has 2 aromatic rings. The third-order valence-corrected chi connectivity index (χ3v) is 3.88. The predicted molar refractivity (Wildman–Crippen MR) is 66.7 cm³/mol. The lowest BCUT2D eigenvalue weighted by atomic mass is 10.2. The number of hydrogen-bond donors (Lipinski definition) is 2. The molecule has 0 saturated carbocycles. The van der Waals surface area contributed by atoms with Crippen LogP contribution in [0.1, 0.15) is 18.3 Å². The predicted octanol–water partition coefficient (Wildman–Crippen LogP) is 0.415. The van der Waals surface area contributed by atoms with Gasteiger partial charge in [-0.3, -0.25) is 0 Å². The molecule has 0 radical (unpaired) electrons. The lowest BCUT2D eigenvalue weighted by molar-refractivity contribution is 0.141. The van der Waals surface area contributed by atoms with E-state index in [2.05, 4.69) is 9.71 Å². The zero-order valence-electron chi connectivity index (χ0n) is 10.4. The van der Waals surface area contributed by atoms with Gasteiger partial charge in [-0.15, -0.1) is 0 Å². The molecule has 0 aromatic carbocycles. The van der Waals surface area contributed by atoms with Crippen LogP contribution < -0.4 is 4.72 Å². The van der Waals surface area contributed by atoms with Gasteiger partial charge in [0.2, 0.25) is 0 Å². The van der Waals surface area contributed by atoms with E-state index in [9.17, 15) is 13.5 Å². The number of furan rings is 1. The summed E-state index contributed by atoms with van der Waals surface area (Å²) < 4.78 is 32.6. The third-order valence-electron chi connectivity index (χ3n) is 2.54. The van der Waals surface area contributed by atoms with E-state index in [4.69, 9.17) is 4.42 Å². The summed E-state index contributed by atoms with van der Waals surface area (Å²) in [5.41, 5.74) is 0. The highest BCUT2D eigenvalue weighted by molar-refractivity contribution is 7.89. The highest BCUT2D eigenvalue weighted by atomic mass is 32.2. The first-order valence-corrected chi connectivity index (χ1v) is 7.16. The van der Waals surface area contributed by atoms with E-state index in [1.165, 1.54) is 18.8 Å². The highest BCUT2D eigenvalue weighted by Gasteiger charge is 2.17. The molecule has 0 bridgehead atoms. The number of sulfonamides is 1. The Kier molecular flexibility index (Phi) is 4.03. The van der Waals surface area contributed by atoms with Crippen LogP contribution in [0, 0.1) is 0 Å². The zero-order valence-corrected chi connectivity index (χ0v) is 11.2. The third kappa shape index (κ3) is 3.43. The van der Waals surface area contributed by atoms with Crippen LogP contribution in [0.15, 0.2) is 40.4 Å². The van der Waals surface area contributed by atoms with Crippen LogP contribution in [0.2, 0.25) is 0 Å². The molecule has 0 aliphatic rings. The summed E-state index contributed by atoms with van der Waals surface area (Å²) in [7, 11) is -1.94. The summed E-state index contributed by atoms with van der Waals surface area (Å²) in [5.74, 6) is 0.414. The molecule has 2 N–H and O–H groups in total. The van der Waals surface area contributed by atoms with Crippen molar-refractivity contribution in [2.75, 3.05) is 6.54 Å². The minimum atomic E-state index is -3.63. The number of nitrogens with one attached hydrogen (secondary N) is 1. The number of aliphatic hydroxyl groups excluding tert-OH is 1. The molecule has 1 atom stereocenters. The second kappa shape index (κ2) is 5.55. The molecule has 0 fully saturated rings. The summed E-state index contributed by atoms with van der Waals surface area (Å²) in [6.07, 6.45) is 3.66. The largest absolute Gasteiger partial charge is 0.467 e. The number of nitrogens with zero attached hydrogens (tertiary/aromatic N) is 2. The van der Waals surface area contributed by atoms with Gasteiger partial charge in [0, 0.05) is 19.8 Å². The van der Waals surface area contributed by atoms with Gasteiger partial charge in [-0.25, -0.2) is 18.1 Å². The first kappa shape index (κ1) is 13.8. The number of aromatic nitrogens is 2. The fourth-order valence-corrected chi connectivity index (χ4v) is 2.58. The molecule has 104 valence electrons. The average Bonchev–Trinajstić information content (AvgIpc) is 2.99. The van der Waals surface area contributed by atoms with Crippen molar-refractivity contribution in [2.24, 2.45) is 7.05 Å². The lowest BCUT2D eigenvalue weighted by Gasteiger charge is -2.08. The lowest BCUT2D eigenvalue weighted by Crippen LogP contribution is -2.26. The van der Waals surface area contributed by atoms with Crippen LogP contribution in [0.4, 0.5) is 0 Å². The molecule has 2 rings (SSSR count). The summed E-state index contributed by atoms with van der Waals surface area (Å²) >= 11 is 0. The van der Waals surface area contributed by atoms with E-state index in [1.807, 2.05) is 0 Å². The topological polar surface area (TPSA) is 97.4 Å². The summed E-state index contributed by atoms with van der Waals surface area (Å²) in [4.78, 5) is 3.77. The van der Waals surface area contributed by atoms with Crippen LogP contribution in [0.5, 0.6) is 0 Å². The van der Waals surface area contributed by atoms with Gasteiger partial charge in [0.15, 0.2) is 5.03 Å². The molecule has 19 heavy (non-hydrogen) atoms. The van der Waals surface area contributed by atoms with Gasteiger partial charge in [0.05, 0.1) is 12.6 Å². The summed E-state index contributed by atoms with van der Waals surface area (Å²) in [6.45, 7) is 0.0980. The Morgan fingerprint density at radius 2 is 2.37 bits per heavy atom. The van der Waals surface area contributed by atoms with Gasteiger partial charge in [-0.2, -0.15) is 0 Å². The molecule has 0 aliphatic carbocycles. The van der Waals surface area contributed by atoms with Crippen molar-refractivity contribution in [1.82, 2.24) is 14.3 Å². The fourth-order valence-electron chi connectivity index (χ4n) is 1.55. The molecule has 2 aromatic heterocycles. The standard InChI is InChI=1S/C11H15N3O4S/c1-14-7-11(12-8-14)19(16,17)13-5-4-9(15)10-3-2-6-18-10/h2-3,6-9,13,15H,4-5H2,1H3/t9-/m0/s1. The van der Waals surface area contributed by atoms with Gasteiger partial charge in [-0.05, 0) is 18.6 Å². The smallest absolute Gasteiger partial charge is 0.259 e. The zero-order chi connectivity index (χ0) is 13.9. The molecule has 8 heteroatoms. The Morgan fingerprint density at radius 1 is 1.58 bits per heavy atom. The van der Waals surface area contributed by atoms with Gasteiger partial charge in [0.25, 0.3) is 10.0 Å². The summed E-state index contributed by atoms with van der Waals surface area (Å²) in [6, 6.07) is 3.30. The Bertz CT molecular complexity index is 618. The Labute approximate surface area is 110 Å². The maximum Gasteiger partial charge on any atom is 0.259 e. The van der Waals surface area contributed by atoms with Crippen molar-refractivity contribution in [3.63, 3.8) is 0 Å². The van der Waals surface area contributed by atoms with Crippen LogP contribution in [-0.4, -0.2) is 29.6 Å². The number of rotatable bonds is 6. The fraction of sp³-hybridized carbons (Fsp3) is 0.364. The monoisotopic (exact) mass is 285 g/mol. The second-order valence-electron chi connectivity index (χ2n) is 4.10. The van der Waals surface area contributed by atoms with Crippen LogP contribution in [-0.2, 0) is 17.1 Å². The van der Waals surface area contributed by atoms with Crippen molar-refractivity contribution in [1.29, 1.82) is 0 Å². The van der Waals surface area contributed by atoms with E-state index in [1.54, 1.807) is 23.7 Å². The molecule has 2 heterocycles. The Hall–Kier alpha value is -1.64. The molecular weight excluding hydrogens is 270 g/mol. The number of aliphatic hydroxyl groups is 1. The van der Waals surface area contributed by atoms with E-state index in [0.717, 1.165) is 0 Å². The van der Waals surface area contributed by atoms with Crippen molar-refractivity contribution in [2.45, 2.75) is 17.6 Å².